The largest absolute Gasteiger partial charge is 0.466 e. The second-order valence-electron chi connectivity index (χ2n) is 7.23. The summed E-state index contributed by atoms with van der Waals surface area (Å²) in [4.78, 5) is 24.7. The van der Waals surface area contributed by atoms with E-state index in [-0.39, 0.29) is 18.3 Å². The van der Waals surface area contributed by atoms with Crippen LogP contribution in [-0.2, 0) is 16.0 Å². The molecule has 0 saturated heterocycles. The minimum atomic E-state index is -0.313. The lowest BCUT2D eigenvalue weighted by atomic mass is 10.1. The Kier molecular flexibility index (Phi) is 6.93. The number of furan rings is 1. The van der Waals surface area contributed by atoms with Crippen molar-refractivity contribution in [3.05, 3.63) is 64.9 Å². The number of para-hydroxylation sites is 1. The molecule has 4 rings (SSSR count). The van der Waals surface area contributed by atoms with Crippen LogP contribution in [0.2, 0.25) is 0 Å². The molecule has 0 spiro atoms. The number of nitrogens with one attached hydrogen (secondary N) is 1. The second-order valence-corrected chi connectivity index (χ2v) is 7.23. The lowest BCUT2D eigenvalue weighted by Gasteiger charge is -2.11. The van der Waals surface area contributed by atoms with E-state index in [1.807, 2.05) is 57.2 Å². The van der Waals surface area contributed by atoms with Crippen LogP contribution in [0.4, 0.5) is 5.69 Å². The van der Waals surface area contributed by atoms with E-state index in [4.69, 9.17) is 9.15 Å². The van der Waals surface area contributed by atoms with Crippen molar-refractivity contribution in [2.24, 2.45) is 0 Å². The Balaban J connectivity index is 0.00000124. The third-order valence-electron chi connectivity index (χ3n) is 4.97. The molecule has 158 valence electrons. The van der Waals surface area contributed by atoms with E-state index in [1.54, 1.807) is 13.0 Å². The molecule has 5 heteroatoms. The maximum atomic E-state index is 12.9. The average Bonchev–Trinajstić information content (AvgIpc) is 3.50. The van der Waals surface area contributed by atoms with Gasteiger partial charge in [0.15, 0.2) is 0 Å². The number of aryl methyl sites for hydroxylation is 1. The summed E-state index contributed by atoms with van der Waals surface area (Å²) in [6.07, 6.45) is 2.46. The molecule has 5 nitrogen and oxygen atoms in total. The zero-order valence-corrected chi connectivity index (χ0v) is 18.1. The molecule has 1 amide bonds. The molecule has 1 fully saturated rings. The van der Waals surface area contributed by atoms with Crippen molar-refractivity contribution in [3.8, 4) is 0 Å². The van der Waals surface area contributed by atoms with Crippen LogP contribution in [0.1, 0.15) is 66.8 Å². The smallest absolute Gasteiger partial charge is 0.310 e. The zero-order chi connectivity index (χ0) is 21.7. The van der Waals surface area contributed by atoms with Crippen molar-refractivity contribution in [1.29, 1.82) is 0 Å². The Morgan fingerprint density at radius 2 is 1.87 bits per heavy atom. The molecule has 1 aromatic heterocycles. The SMILES string of the molecule is CC.CCOC(=O)Cc1ccccc1NC(=O)c1cc(C)c2oc(C3CC3)cc2c1. The van der Waals surface area contributed by atoms with Crippen LogP contribution in [0.3, 0.4) is 0 Å². The maximum Gasteiger partial charge on any atom is 0.310 e. The average molecular weight is 408 g/mol. The second kappa shape index (κ2) is 9.61. The molecule has 1 aliphatic rings. The van der Waals surface area contributed by atoms with E-state index < -0.39 is 0 Å². The Hall–Kier alpha value is -3.08. The van der Waals surface area contributed by atoms with E-state index in [0.29, 0.717) is 23.8 Å². The Morgan fingerprint density at radius 1 is 1.13 bits per heavy atom. The van der Waals surface area contributed by atoms with Gasteiger partial charge in [0.2, 0.25) is 0 Å². The predicted octanol–water partition coefficient (Wildman–Crippen LogP) is 6.00. The minimum absolute atomic E-state index is 0.120. The summed E-state index contributed by atoms with van der Waals surface area (Å²) in [5.41, 5.74) is 3.70. The first-order valence-electron chi connectivity index (χ1n) is 10.6. The first-order valence-corrected chi connectivity index (χ1v) is 10.6. The Labute approximate surface area is 177 Å². The summed E-state index contributed by atoms with van der Waals surface area (Å²) in [6.45, 7) is 8.06. The van der Waals surface area contributed by atoms with Crippen LogP contribution in [0.5, 0.6) is 0 Å². The Bertz CT molecular complexity index is 1050. The number of anilines is 1. The third-order valence-corrected chi connectivity index (χ3v) is 4.97. The molecule has 2 aromatic carbocycles. The lowest BCUT2D eigenvalue weighted by Crippen LogP contribution is -2.15. The summed E-state index contributed by atoms with van der Waals surface area (Å²) in [5.74, 6) is 1.01. The number of rotatable bonds is 6. The summed E-state index contributed by atoms with van der Waals surface area (Å²) >= 11 is 0. The number of esters is 1. The van der Waals surface area contributed by atoms with E-state index >= 15 is 0 Å². The molecule has 1 saturated carbocycles. The molecule has 1 N–H and O–H groups in total. The Morgan fingerprint density at radius 3 is 2.57 bits per heavy atom. The molecule has 0 unspecified atom stereocenters. The quantitative estimate of drug-likeness (QED) is 0.509. The van der Waals surface area contributed by atoms with E-state index in [0.717, 1.165) is 27.9 Å². The fourth-order valence-corrected chi connectivity index (χ4v) is 3.41. The minimum Gasteiger partial charge on any atom is -0.466 e. The molecule has 30 heavy (non-hydrogen) atoms. The molecule has 0 atom stereocenters. The summed E-state index contributed by atoms with van der Waals surface area (Å²) in [5, 5.41) is 3.88. The number of carbonyl (C=O) groups excluding carboxylic acids is 2. The van der Waals surface area contributed by atoms with E-state index in [2.05, 4.69) is 5.32 Å². The first-order chi connectivity index (χ1) is 14.5. The highest BCUT2D eigenvalue weighted by molar-refractivity contribution is 6.07. The van der Waals surface area contributed by atoms with Crippen molar-refractivity contribution in [2.75, 3.05) is 11.9 Å². The highest BCUT2D eigenvalue weighted by atomic mass is 16.5. The van der Waals surface area contributed by atoms with Crippen LogP contribution in [-0.4, -0.2) is 18.5 Å². The summed E-state index contributed by atoms with van der Waals surface area (Å²) in [6, 6.07) is 13.0. The summed E-state index contributed by atoms with van der Waals surface area (Å²) < 4.78 is 11.0. The molecule has 1 aliphatic carbocycles. The van der Waals surface area contributed by atoms with Crippen molar-refractivity contribution in [2.45, 2.75) is 52.9 Å². The summed E-state index contributed by atoms with van der Waals surface area (Å²) in [7, 11) is 0. The normalized spacial score (nSPS) is 12.8. The molecular weight excluding hydrogens is 378 g/mol. The topological polar surface area (TPSA) is 68.5 Å². The van der Waals surface area contributed by atoms with Gasteiger partial charge >= 0.3 is 5.97 Å². The number of carbonyl (C=O) groups is 2. The van der Waals surface area contributed by atoms with E-state index in [9.17, 15) is 9.59 Å². The molecule has 0 aliphatic heterocycles. The lowest BCUT2D eigenvalue weighted by molar-refractivity contribution is -0.142. The fraction of sp³-hybridized carbons (Fsp3) is 0.360. The van der Waals surface area contributed by atoms with Crippen molar-refractivity contribution in [1.82, 2.24) is 0 Å². The molecular formula is C25H29NO4. The number of ether oxygens (including phenoxy) is 1. The third kappa shape index (κ3) is 4.90. The molecule has 0 radical (unpaired) electrons. The van der Waals surface area contributed by atoms with Crippen LogP contribution in [0, 0.1) is 6.92 Å². The van der Waals surface area contributed by atoms with Crippen LogP contribution in [0.15, 0.2) is 46.9 Å². The highest BCUT2D eigenvalue weighted by Crippen LogP contribution is 2.42. The van der Waals surface area contributed by atoms with E-state index in [1.165, 1.54) is 12.8 Å². The monoisotopic (exact) mass is 407 g/mol. The van der Waals surface area contributed by atoms with Gasteiger partial charge in [0.25, 0.3) is 5.91 Å². The van der Waals surface area contributed by atoms with Gasteiger partial charge in [-0.1, -0.05) is 32.0 Å². The van der Waals surface area contributed by atoms with Gasteiger partial charge in [-0.3, -0.25) is 9.59 Å². The number of hydrogen-bond acceptors (Lipinski definition) is 4. The van der Waals surface area contributed by atoms with Crippen LogP contribution in [0.25, 0.3) is 11.0 Å². The van der Waals surface area contributed by atoms with Gasteiger partial charge in [-0.15, -0.1) is 0 Å². The predicted molar refractivity (Wildman–Crippen MR) is 119 cm³/mol. The molecule has 3 aromatic rings. The number of fused-ring (bicyclic) bond motifs is 1. The number of hydrogen-bond donors (Lipinski definition) is 1. The van der Waals surface area contributed by atoms with Gasteiger partial charge in [-0.2, -0.15) is 0 Å². The van der Waals surface area contributed by atoms with Crippen molar-refractivity contribution in [3.63, 3.8) is 0 Å². The van der Waals surface area contributed by atoms with Crippen LogP contribution >= 0.6 is 0 Å². The molecule has 0 bridgehead atoms. The van der Waals surface area contributed by atoms with Crippen molar-refractivity contribution < 1.29 is 18.7 Å². The van der Waals surface area contributed by atoms with Crippen molar-refractivity contribution >= 4 is 28.5 Å². The van der Waals surface area contributed by atoms with Gasteiger partial charge in [0.05, 0.1) is 13.0 Å². The standard InChI is InChI=1S/C23H23NO4.C2H6/c1-3-27-21(25)13-16-6-4-5-7-19(16)24-23(26)18-10-14(2)22-17(11-18)12-20(28-22)15-8-9-15;1-2/h4-7,10-12,15H,3,8-9,13H2,1-2H3,(H,24,26);1-2H3. The fourth-order valence-electron chi connectivity index (χ4n) is 3.41. The maximum absolute atomic E-state index is 12.9. The highest BCUT2D eigenvalue weighted by Gasteiger charge is 2.27. The first kappa shape index (κ1) is 21.6. The molecule has 1 heterocycles. The van der Waals surface area contributed by atoms with Gasteiger partial charge in [-0.25, -0.2) is 0 Å². The van der Waals surface area contributed by atoms with Gasteiger partial charge in [-0.05, 0) is 62.1 Å². The van der Waals surface area contributed by atoms with Gasteiger partial charge < -0.3 is 14.5 Å². The zero-order valence-electron chi connectivity index (χ0n) is 18.1. The number of amides is 1. The number of benzene rings is 2. The van der Waals surface area contributed by atoms with Crippen LogP contribution < -0.4 is 5.32 Å². The van der Waals surface area contributed by atoms with Gasteiger partial charge in [0, 0.05) is 22.6 Å². The van der Waals surface area contributed by atoms with Gasteiger partial charge in [0.1, 0.15) is 11.3 Å².